The van der Waals surface area contributed by atoms with Crippen LogP contribution in [-0.2, 0) is 16.1 Å². The molecule has 1 unspecified atom stereocenters. The molecule has 0 aliphatic carbocycles. The van der Waals surface area contributed by atoms with Crippen LogP contribution in [0.2, 0.25) is 5.02 Å². The molecule has 4 saturated heterocycles. The first-order valence-electron chi connectivity index (χ1n) is 19.8. The van der Waals surface area contributed by atoms with E-state index >= 15 is 0 Å². The predicted octanol–water partition coefficient (Wildman–Crippen LogP) is 2.84. The van der Waals surface area contributed by atoms with Crippen molar-refractivity contribution in [1.82, 2.24) is 35.5 Å². The molecule has 0 saturated carbocycles. The van der Waals surface area contributed by atoms with Gasteiger partial charge in [0.2, 0.25) is 11.8 Å². The number of nitrogens with zero attached hydrogens (tertiary/aromatic N) is 8. The summed E-state index contributed by atoms with van der Waals surface area (Å²) in [5.41, 5.74) is 3.33. The highest BCUT2D eigenvalue weighted by molar-refractivity contribution is 6.31. The van der Waals surface area contributed by atoms with Crippen molar-refractivity contribution in [2.45, 2.75) is 57.2 Å². The number of imide groups is 2. The zero-order chi connectivity index (χ0) is 39.6. The van der Waals surface area contributed by atoms with Gasteiger partial charge in [-0.2, -0.15) is 5.26 Å². The SMILES string of the molecule is N#Cc1ccc(CN2CCC(NC(=O)c3ccc(N4CCC(CN5CCN(c6ccc7c(c6)C(=O)N(C6CCC(=O)NC6=O)C7=O)CC5)CC4)nn3)CC2)cc1Cl. The summed E-state index contributed by atoms with van der Waals surface area (Å²) in [6, 6.07) is 15.7. The molecule has 5 aliphatic heterocycles. The third-order valence-electron chi connectivity index (χ3n) is 12.0. The van der Waals surface area contributed by atoms with E-state index < -0.39 is 29.7 Å². The lowest BCUT2D eigenvalue weighted by Crippen LogP contribution is -2.54. The second-order valence-corrected chi connectivity index (χ2v) is 16.0. The fourth-order valence-corrected chi connectivity index (χ4v) is 8.92. The summed E-state index contributed by atoms with van der Waals surface area (Å²) in [5, 5.41) is 23.7. The Labute approximate surface area is 335 Å². The topological polar surface area (TPSA) is 175 Å². The Hall–Kier alpha value is -5.43. The molecule has 296 valence electrons. The molecule has 16 heteroatoms. The molecule has 5 amide bonds. The summed E-state index contributed by atoms with van der Waals surface area (Å²) >= 11 is 6.20. The maximum atomic E-state index is 13.3. The van der Waals surface area contributed by atoms with Crippen LogP contribution in [-0.4, -0.2) is 125 Å². The lowest BCUT2D eigenvalue weighted by Gasteiger charge is -2.39. The minimum absolute atomic E-state index is 0.0679. The van der Waals surface area contributed by atoms with Gasteiger partial charge in [0.1, 0.15) is 12.1 Å². The number of nitrogens with one attached hydrogen (secondary N) is 2. The summed E-state index contributed by atoms with van der Waals surface area (Å²) in [6.45, 7) is 8.54. The molecule has 0 bridgehead atoms. The summed E-state index contributed by atoms with van der Waals surface area (Å²) in [4.78, 5) is 73.8. The number of likely N-dealkylation sites (tertiary alicyclic amines) is 1. The van der Waals surface area contributed by atoms with E-state index in [1.165, 1.54) is 0 Å². The summed E-state index contributed by atoms with van der Waals surface area (Å²) in [7, 11) is 0. The molecule has 0 radical (unpaired) electrons. The van der Waals surface area contributed by atoms with Crippen molar-refractivity contribution in [2.24, 2.45) is 5.92 Å². The average molecular weight is 793 g/mol. The first-order valence-corrected chi connectivity index (χ1v) is 20.1. The molecule has 3 aromatic rings. The van der Waals surface area contributed by atoms with E-state index in [1.807, 2.05) is 24.3 Å². The first-order chi connectivity index (χ1) is 27.6. The molecule has 8 rings (SSSR count). The Bertz CT molecular complexity index is 2100. The van der Waals surface area contributed by atoms with E-state index in [-0.39, 0.29) is 24.8 Å². The highest BCUT2D eigenvalue weighted by Gasteiger charge is 2.45. The van der Waals surface area contributed by atoms with Crippen molar-refractivity contribution in [1.29, 1.82) is 5.26 Å². The zero-order valence-corrected chi connectivity index (χ0v) is 32.4. The van der Waals surface area contributed by atoms with Crippen molar-refractivity contribution >= 4 is 52.6 Å². The molecule has 4 fully saturated rings. The number of aromatic nitrogens is 2. The highest BCUT2D eigenvalue weighted by Crippen LogP contribution is 2.32. The van der Waals surface area contributed by atoms with E-state index in [1.54, 1.807) is 24.3 Å². The minimum Gasteiger partial charge on any atom is -0.369 e. The van der Waals surface area contributed by atoms with Gasteiger partial charge in [0.15, 0.2) is 11.5 Å². The number of amides is 5. The standard InChI is InChI=1S/C41H45ClN10O5/c42-33-21-27(1-2-28(33)23-43)25-48-13-11-29(12-14-48)44-38(54)34-5-7-36(47-46-34)51-15-9-26(10-16-51)24-49-17-19-50(20-18-49)30-3-4-31-32(22-30)41(57)52(40(31)56)35-6-8-37(53)45-39(35)55/h1-5,7,21-22,26,29,35H,6,8-20,24-25H2,(H,44,54)(H,45,53,55). The van der Waals surface area contributed by atoms with Gasteiger partial charge in [-0.15, -0.1) is 10.2 Å². The van der Waals surface area contributed by atoms with E-state index in [4.69, 9.17) is 16.9 Å². The monoisotopic (exact) mass is 792 g/mol. The number of rotatable bonds is 9. The molecule has 0 spiro atoms. The maximum absolute atomic E-state index is 13.3. The summed E-state index contributed by atoms with van der Waals surface area (Å²) < 4.78 is 0. The maximum Gasteiger partial charge on any atom is 0.272 e. The van der Waals surface area contributed by atoms with Crippen LogP contribution in [0.25, 0.3) is 0 Å². The third kappa shape index (κ3) is 8.34. The van der Waals surface area contributed by atoms with Crippen LogP contribution < -0.4 is 20.4 Å². The number of benzene rings is 2. The van der Waals surface area contributed by atoms with Crippen LogP contribution in [0.15, 0.2) is 48.5 Å². The van der Waals surface area contributed by atoms with Gasteiger partial charge in [0.25, 0.3) is 17.7 Å². The molecular formula is C41H45ClN10O5. The molecule has 2 aromatic carbocycles. The largest absolute Gasteiger partial charge is 0.369 e. The number of carbonyl (C=O) groups is 5. The van der Waals surface area contributed by atoms with Gasteiger partial charge in [-0.1, -0.05) is 17.7 Å². The van der Waals surface area contributed by atoms with Crippen molar-refractivity contribution in [2.75, 3.05) is 68.7 Å². The quantitative estimate of drug-likeness (QED) is 0.304. The molecule has 6 heterocycles. The minimum atomic E-state index is -0.975. The van der Waals surface area contributed by atoms with Gasteiger partial charge in [-0.05, 0) is 86.1 Å². The van der Waals surface area contributed by atoms with E-state index in [0.29, 0.717) is 33.3 Å². The lowest BCUT2D eigenvalue weighted by molar-refractivity contribution is -0.136. The van der Waals surface area contributed by atoms with Gasteiger partial charge >= 0.3 is 0 Å². The molecule has 1 aromatic heterocycles. The number of nitriles is 1. The van der Waals surface area contributed by atoms with Gasteiger partial charge in [-0.3, -0.25) is 44.0 Å². The van der Waals surface area contributed by atoms with E-state index in [9.17, 15) is 24.0 Å². The van der Waals surface area contributed by atoms with E-state index in [0.717, 1.165) is 113 Å². The van der Waals surface area contributed by atoms with Crippen LogP contribution in [0.4, 0.5) is 11.5 Å². The Morgan fingerprint density at radius 1 is 0.807 bits per heavy atom. The second kappa shape index (κ2) is 16.6. The number of piperazine rings is 1. The number of hydrogen-bond donors (Lipinski definition) is 2. The first kappa shape index (κ1) is 38.4. The summed E-state index contributed by atoms with van der Waals surface area (Å²) in [6.07, 6.45) is 3.96. The van der Waals surface area contributed by atoms with Crippen LogP contribution in [0.1, 0.15) is 80.9 Å². The molecule has 15 nitrogen and oxygen atoms in total. The Balaban J connectivity index is 0.753. The predicted molar refractivity (Wildman–Crippen MR) is 211 cm³/mol. The highest BCUT2D eigenvalue weighted by atomic mass is 35.5. The van der Waals surface area contributed by atoms with Crippen LogP contribution >= 0.6 is 11.6 Å². The second-order valence-electron chi connectivity index (χ2n) is 15.6. The smallest absolute Gasteiger partial charge is 0.272 e. The summed E-state index contributed by atoms with van der Waals surface area (Å²) in [5.74, 6) is -0.856. The lowest BCUT2D eigenvalue weighted by atomic mass is 9.96. The molecule has 2 N–H and O–H groups in total. The van der Waals surface area contributed by atoms with Gasteiger partial charge < -0.3 is 15.1 Å². The Kier molecular flexibility index (Phi) is 11.2. The Morgan fingerprint density at radius 2 is 1.56 bits per heavy atom. The van der Waals surface area contributed by atoms with E-state index in [2.05, 4.69) is 46.5 Å². The van der Waals surface area contributed by atoms with Crippen molar-refractivity contribution in [3.63, 3.8) is 0 Å². The van der Waals surface area contributed by atoms with Gasteiger partial charge in [-0.25, -0.2) is 0 Å². The van der Waals surface area contributed by atoms with Crippen molar-refractivity contribution in [3.05, 3.63) is 81.5 Å². The number of piperidine rings is 3. The number of anilines is 2. The molecular weight excluding hydrogens is 748 g/mol. The van der Waals surface area contributed by atoms with Crippen LogP contribution in [0, 0.1) is 17.2 Å². The van der Waals surface area contributed by atoms with Gasteiger partial charge in [0.05, 0.1) is 21.7 Å². The molecule has 57 heavy (non-hydrogen) atoms. The Morgan fingerprint density at radius 3 is 2.25 bits per heavy atom. The normalized spacial score (nSPS) is 21.4. The van der Waals surface area contributed by atoms with Crippen molar-refractivity contribution < 1.29 is 24.0 Å². The number of fused-ring (bicyclic) bond motifs is 1. The van der Waals surface area contributed by atoms with Crippen LogP contribution in [0.3, 0.4) is 0 Å². The zero-order valence-electron chi connectivity index (χ0n) is 31.7. The van der Waals surface area contributed by atoms with Gasteiger partial charge in [0, 0.05) is 83.6 Å². The van der Waals surface area contributed by atoms with Crippen LogP contribution in [0.5, 0.6) is 0 Å². The number of halogens is 1. The third-order valence-corrected chi connectivity index (χ3v) is 12.3. The number of carbonyl (C=O) groups excluding carboxylic acids is 5. The number of hydrogen-bond acceptors (Lipinski definition) is 12. The fraction of sp³-hybridized carbons (Fsp3) is 0.463. The average Bonchev–Trinajstić information content (AvgIpc) is 3.47. The molecule has 1 atom stereocenters. The van der Waals surface area contributed by atoms with Crippen molar-refractivity contribution in [3.8, 4) is 6.07 Å². The molecule has 5 aliphatic rings. The fourth-order valence-electron chi connectivity index (χ4n) is 8.67.